The number of carboxylic acids is 1. The summed E-state index contributed by atoms with van der Waals surface area (Å²) in [6, 6.07) is 8.53. The number of rotatable bonds is 6. The van der Waals surface area contributed by atoms with Gasteiger partial charge in [-0.25, -0.2) is 0 Å². The summed E-state index contributed by atoms with van der Waals surface area (Å²) in [5.41, 5.74) is 2.68. The number of unbranched alkanes of at least 4 members (excludes halogenated alkanes) is 1. The zero-order valence-corrected chi connectivity index (χ0v) is 12.2. The highest BCUT2D eigenvalue weighted by molar-refractivity contribution is 5.66. The molecule has 110 valence electrons. The lowest BCUT2D eigenvalue weighted by molar-refractivity contribution is -0.137. The molecule has 1 heterocycles. The largest absolute Gasteiger partial charge is 0.481 e. The Bertz CT molecular complexity index is 440. The number of hydrogen-bond donors (Lipinski definition) is 1. The maximum Gasteiger partial charge on any atom is 0.303 e. The van der Waals surface area contributed by atoms with Gasteiger partial charge in [-0.05, 0) is 37.9 Å². The van der Waals surface area contributed by atoms with Crippen LogP contribution >= 0.6 is 0 Å². The summed E-state index contributed by atoms with van der Waals surface area (Å²) >= 11 is 0. The Balaban J connectivity index is 1.73. The molecule has 2 rings (SSSR count). The molecule has 20 heavy (non-hydrogen) atoms. The average molecular weight is 276 g/mol. The highest BCUT2D eigenvalue weighted by Crippen LogP contribution is 2.20. The second-order valence-corrected chi connectivity index (χ2v) is 5.47. The molecule has 1 aromatic carbocycles. The maximum atomic E-state index is 10.5. The molecule has 0 atom stereocenters. The van der Waals surface area contributed by atoms with E-state index in [1.54, 1.807) is 0 Å². The van der Waals surface area contributed by atoms with Gasteiger partial charge in [-0.15, -0.1) is 0 Å². The van der Waals surface area contributed by atoms with Gasteiger partial charge >= 0.3 is 5.97 Å². The molecular formula is C16H24N2O2. The number of aliphatic carboxylic acids is 1. The minimum absolute atomic E-state index is 0.295. The van der Waals surface area contributed by atoms with Crippen molar-refractivity contribution in [3.05, 3.63) is 29.8 Å². The number of carboxylic acid groups (broad SMARTS) is 1. The Kier molecular flexibility index (Phi) is 5.41. The maximum absolute atomic E-state index is 10.5. The van der Waals surface area contributed by atoms with E-state index in [1.165, 1.54) is 11.3 Å². The van der Waals surface area contributed by atoms with Crippen LogP contribution in [0.15, 0.2) is 24.3 Å². The zero-order chi connectivity index (χ0) is 14.4. The van der Waals surface area contributed by atoms with E-state index >= 15 is 0 Å². The molecule has 1 N–H and O–H groups in total. The van der Waals surface area contributed by atoms with E-state index in [1.807, 2.05) is 0 Å². The molecule has 0 bridgehead atoms. The van der Waals surface area contributed by atoms with Gasteiger partial charge in [-0.2, -0.15) is 0 Å². The van der Waals surface area contributed by atoms with E-state index in [0.29, 0.717) is 6.42 Å². The Hall–Kier alpha value is -1.55. The number of nitrogens with zero attached hydrogens (tertiary/aromatic N) is 2. The van der Waals surface area contributed by atoms with Crippen LogP contribution in [-0.2, 0) is 4.79 Å². The molecule has 4 heteroatoms. The second kappa shape index (κ2) is 7.29. The Morgan fingerprint density at radius 1 is 1.15 bits per heavy atom. The summed E-state index contributed by atoms with van der Waals surface area (Å²) in [4.78, 5) is 15.4. The van der Waals surface area contributed by atoms with Gasteiger partial charge in [-0.1, -0.05) is 18.2 Å². The molecule has 0 radical (unpaired) electrons. The van der Waals surface area contributed by atoms with E-state index in [-0.39, 0.29) is 0 Å². The Morgan fingerprint density at radius 3 is 2.50 bits per heavy atom. The van der Waals surface area contributed by atoms with E-state index in [4.69, 9.17) is 5.11 Å². The van der Waals surface area contributed by atoms with Crippen molar-refractivity contribution < 1.29 is 9.90 Å². The minimum atomic E-state index is -0.686. The molecule has 1 aliphatic heterocycles. The lowest BCUT2D eigenvalue weighted by atomic mass is 10.1. The highest BCUT2D eigenvalue weighted by atomic mass is 16.4. The molecule has 1 aliphatic rings. The third kappa shape index (κ3) is 4.23. The summed E-state index contributed by atoms with van der Waals surface area (Å²) in [6.07, 6.45) is 2.06. The van der Waals surface area contributed by atoms with Crippen LogP contribution in [0.25, 0.3) is 0 Å². The topological polar surface area (TPSA) is 43.8 Å². The first-order chi connectivity index (χ1) is 9.66. The van der Waals surface area contributed by atoms with E-state index in [2.05, 4.69) is 41.0 Å². The standard InChI is InChI=1S/C16H24N2O2/c1-14-6-2-3-7-15(14)18-12-10-17(11-13-18)9-5-4-8-16(19)20/h2-3,6-7H,4-5,8-13H2,1H3,(H,19,20). The molecule has 1 saturated heterocycles. The molecule has 1 aromatic rings. The number of piperazine rings is 1. The molecule has 0 saturated carbocycles. The predicted octanol–water partition coefficient (Wildman–Crippen LogP) is 2.37. The van der Waals surface area contributed by atoms with Crippen LogP contribution in [0.4, 0.5) is 5.69 Å². The Morgan fingerprint density at radius 2 is 1.85 bits per heavy atom. The summed E-state index contributed by atoms with van der Waals surface area (Å²) in [5.74, 6) is -0.686. The molecule has 0 aliphatic carbocycles. The first kappa shape index (κ1) is 14.9. The normalized spacial score (nSPS) is 16.4. The van der Waals surface area contributed by atoms with Crippen LogP contribution in [0.2, 0.25) is 0 Å². The van der Waals surface area contributed by atoms with Gasteiger partial charge in [0.05, 0.1) is 0 Å². The number of anilines is 1. The summed E-state index contributed by atoms with van der Waals surface area (Å²) < 4.78 is 0. The van der Waals surface area contributed by atoms with Gasteiger partial charge in [0.2, 0.25) is 0 Å². The van der Waals surface area contributed by atoms with Gasteiger partial charge in [-0.3, -0.25) is 9.69 Å². The fourth-order valence-corrected chi connectivity index (χ4v) is 2.74. The van der Waals surface area contributed by atoms with Crippen LogP contribution < -0.4 is 4.90 Å². The summed E-state index contributed by atoms with van der Waals surface area (Å²) in [5, 5.41) is 8.62. The van der Waals surface area contributed by atoms with Crippen molar-refractivity contribution >= 4 is 11.7 Å². The van der Waals surface area contributed by atoms with Crippen LogP contribution in [0.1, 0.15) is 24.8 Å². The van der Waals surface area contributed by atoms with E-state index in [0.717, 1.165) is 45.6 Å². The smallest absolute Gasteiger partial charge is 0.303 e. The Labute approximate surface area is 121 Å². The molecule has 0 amide bonds. The fraction of sp³-hybridized carbons (Fsp3) is 0.562. The number of aryl methyl sites for hydroxylation is 1. The third-order valence-corrected chi connectivity index (χ3v) is 3.94. The fourth-order valence-electron chi connectivity index (χ4n) is 2.74. The molecule has 0 aromatic heterocycles. The van der Waals surface area contributed by atoms with Crippen LogP contribution in [0.5, 0.6) is 0 Å². The van der Waals surface area contributed by atoms with Gasteiger partial charge in [0.1, 0.15) is 0 Å². The van der Waals surface area contributed by atoms with Crippen molar-refractivity contribution in [3.8, 4) is 0 Å². The first-order valence-corrected chi connectivity index (χ1v) is 7.41. The number of carbonyl (C=O) groups is 1. The van der Waals surface area contributed by atoms with Crippen LogP contribution in [-0.4, -0.2) is 48.7 Å². The highest BCUT2D eigenvalue weighted by Gasteiger charge is 2.17. The number of benzene rings is 1. The van der Waals surface area contributed by atoms with Crippen LogP contribution in [0, 0.1) is 6.92 Å². The molecule has 0 spiro atoms. The second-order valence-electron chi connectivity index (χ2n) is 5.47. The van der Waals surface area contributed by atoms with Crippen LogP contribution in [0.3, 0.4) is 0 Å². The van der Waals surface area contributed by atoms with Crippen molar-refractivity contribution in [3.63, 3.8) is 0 Å². The van der Waals surface area contributed by atoms with Gasteiger partial charge in [0.25, 0.3) is 0 Å². The van der Waals surface area contributed by atoms with E-state index < -0.39 is 5.97 Å². The molecule has 1 fully saturated rings. The predicted molar refractivity (Wildman–Crippen MR) is 81.3 cm³/mol. The SMILES string of the molecule is Cc1ccccc1N1CCN(CCCCC(=O)O)CC1. The lowest BCUT2D eigenvalue weighted by Crippen LogP contribution is -2.46. The van der Waals surface area contributed by atoms with Crippen molar-refractivity contribution in [2.24, 2.45) is 0 Å². The minimum Gasteiger partial charge on any atom is -0.481 e. The lowest BCUT2D eigenvalue weighted by Gasteiger charge is -2.36. The monoisotopic (exact) mass is 276 g/mol. The molecule has 4 nitrogen and oxygen atoms in total. The van der Waals surface area contributed by atoms with Crippen molar-refractivity contribution in [1.82, 2.24) is 4.90 Å². The third-order valence-electron chi connectivity index (χ3n) is 3.94. The van der Waals surface area contributed by atoms with Gasteiger partial charge in [0, 0.05) is 38.3 Å². The van der Waals surface area contributed by atoms with Gasteiger partial charge < -0.3 is 10.0 Å². The van der Waals surface area contributed by atoms with Crippen molar-refractivity contribution in [2.75, 3.05) is 37.6 Å². The van der Waals surface area contributed by atoms with Gasteiger partial charge in [0.15, 0.2) is 0 Å². The zero-order valence-electron chi connectivity index (χ0n) is 12.2. The number of hydrogen-bond acceptors (Lipinski definition) is 3. The first-order valence-electron chi connectivity index (χ1n) is 7.41. The molecule has 0 unspecified atom stereocenters. The van der Waals surface area contributed by atoms with E-state index in [9.17, 15) is 4.79 Å². The van der Waals surface area contributed by atoms with Crippen molar-refractivity contribution in [2.45, 2.75) is 26.2 Å². The summed E-state index contributed by atoms with van der Waals surface area (Å²) in [6.45, 7) is 7.44. The molecular weight excluding hydrogens is 252 g/mol. The average Bonchev–Trinajstić information content (AvgIpc) is 2.45. The summed E-state index contributed by atoms with van der Waals surface area (Å²) in [7, 11) is 0. The number of para-hydroxylation sites is 1. The quantitative estimate of drug-likeness (QED) is 0.810. The van der Waals surface area contributed by atoms with Crippen molar-refractivity contribution in [1.29, 1.82) is 0 Å².